The summed E-state index contributed by atoms with van der Waals surface area (Å²) in [4.78, 5) is 31.2. The van der Waals surface area contributed by atoms with E-state index >= 15 is 0 Å². The van der Waals surface area contributed by atoms with Gasteiger partial charge in [0.1, 0.15) is 6.54 Å². The molecule has 0 saturated carbocycles. The fourth-order valence-electron chi connectivity index (χ4n) is 4.26. The van der Waals surface area contributed by atoms with Crippen LogP contribution < -0.4 is 0 Å². The molecule has 5 heteroatoms. The summed E-state index contributed by atoms with van der Waals surface area (Å²) in [7, 11) is 0. The molecule has 2 aromatic rings. The largest absolute Gasteiger partial charge is 0.331 e. The van der Waals surface area contributed by atoms with Crippen molar-refractivity contribution in [3.05, 3.63) is 57.3 Å². The van der Waals surface area contributed by atoms with Gasteiger partial charge in [-0.15, -0.1) is 11.3 Å². The Labute approximate surface area is 191 Å². The Morgan fingerprint density at radius 3 is 2.42 bits per heavy atom. The molecule has 0 aliphatic carbocycles. The van der Waals surface area contributed by atoms with Crippen LogP contribution in [0.25, 0.3) is 0 Å². The normalized spacial score (nSPS) is 17.2. The molecule has 4 nitrogen and oxygen atoms in total. The Kier molecular flexibility index (Phi) is 7.25. The first kappa shape index (κ1) is 23.5. The van der Waals surface area contributed by atoms with Gasteiger partial charge in [0.05, 0.1) is 6.04 Å². The molecule has 1 aromatic carbocycles. The number of carbonyl (C=O) groups excluding carboxylic acids is 2. The van der Waals surface area contributed by atoms with Crippen LogP contribution in [-0.4, -0.2) is 40.7 Å². The summed E-state index contributed by atoms with van der Waals surface area (Å²) in [6, 6.07) is 10.8. The van der Waals surface area contributed by atoms with Gasteiger partial charge in [-0.2, -0.15) is 0 Å². The van der Waals surface area contributed by atoms with Gasteiger partial charge < -0.3 is 9.80 Å². The minimum atomic E-state index is -0.0907. The Hall–Kier alpha value is -2.14. The van der Waals surface area contributed by atoms with E-state index in [9.17, 15) is 9.59 Å². The van der Waals surface area contributed by atoms with Crippen molar-refractivity contribution in [2.24, 2.45) is 0 Å². The van der Waals surface area contributed by atoms with E-state index in [0.717, 1.165) is 18.4 Å². The van der Waals surface area contributed by atoms with E-state index in [4.69, 9.17) is 0 Å². The Balaban J connectivity index is 1.93. The molecular formula is C26H36N2O2S. The van der Waals surface area contributed by atoms with Crippen molar-refractivity contribution in [1.82, 2.24) is 9.80 Å². The molecule has 1 aliphatic heterocycles. The third-order valence-electron chi connectivity index (χ3n) is 6.43. The maximum atomic E-state index is 13.5. The number of fused-ring (bicyclic) bond motifs is 1. The van der Waals surface area contributed by atoms with E-state index in [0.29, 0.717) is 13.0 Å². The molecule has 0 fully saturated rings. The number of hydrogen-bond acceptors (Lipinski definition) is 3. The van der Waals surface area contributed by atoms with Gasteiger partial charge >= 0.3 is 0 Å². The standard InChI is InChI=1S/C26H36N2O2S/c1-7-18(3)28(23(29)8-2)17-24(30)27-15-13-22-21(14-16-31-22)25(27)19-9-11-20(12-10-19)26(4,5)6/h9-12,14,16,18,25H,7-8,13,15,17H2,1-6H3. The number of carbonyl (C=O) groups is 2. The predicted molar refractivity (Wildman–Crippen MR) is 128 cm³/mol. The van der Waals surface area contributed by atoms with Crippen molar-refractivity contribution in [3.63, 3.8) is 0 Å². The topological polar surface area (TPSA) is 40.6 Å². The average Bonchev–Trinajstić information content (AvgIpc) is 3.24. The van der Waals surface area contributed by atoms with Crippen LogP contribution in [0.15, 0.2) is 35.7 Å². The van der Waals surface area contributed by atoms with Gasteiger partial charge in [0, 0.05) is 23.9 Å². The van der Waals surface area contributed by atoms with Crippen LogP contribution in [0.2, 0.25) is 0 Å². The van der Waals surface area contributed by atoms with E-state index in [1.165, 1.54) is 16.0 Å². The summed E-state index contributed by atoms with van der Waals surface area (Å²) >= 11 is 1.77. The van der Waals surface area contributed by atoms with E-state index in [-0.39, 0.29) is 35.9 Å². The molecule has 31 heavy (non-hydrogen) atoms. The van der Waals surface area contributed by atoms with E-state index in [2.05, 4.69) is 63.4 Å². The van der Waals surface area contributed by atoms with Crippen molar-refractivity contribution in [2.75, 3.05) is 13.1 Å². The summed E-state index contributed by atoms with van der Waals surface area (Å²) in [5.74, 6) is 0.0749. The van der Waals surface area contributed by atoms with Crippen molar-refractivity contribution in [2.45, 2.75) is 78.3 Å². The summed E-state index contributed by atoms with van der Waals surface area (Å²) < 4.78 is 0. The van der Waals surface area contributed by atoms with Crippen LogP contribution in [0.4, 0.5) is 0 Å². The SMILES string of the molecule is CCC(=O)N(CC(=O)N1CCc2sccc2C1c1ccc(C(C)(C)C)cc1)C(C)CC. The molecule has 3 rings (SSSR count). The predicted octanol–water partition coefficient (Wildman–Crippen LogP) is 5.56. The monoisotopic (exact) mass is 440 g/mol. The second-order valence-electron chi connectivity index (χ2n) is 9.54. The van der Waals surface area contributed by atoms with Gasteiger partial charge in [0.25, 0.3) is 0 Å². The molecule has 2 atom stereocenters. The molecule has 2 unspecified atom stereocenters. The Morgan fingerprint density at radius 2 is 1.84 bits per heavy atom. The zero-order chi connectivity index (χ0) is 22.8. The van der Waals surface area contributed by atoms with Crippen LogP contribution in [-0.2, 0) is 21.4 Å². The van der Waals surface area contributed by atoms with Crippen molar-refractivity contribution >= 4 is 23.2 Å². The number of thiophene rings is 1. The summed E-state index contributed by atoms with van der Waals surface area (Å²) in [5.41, 5.74) is 3.74. The van der Waals surface area contributed by atoms with E-state index in [1.807, 2.05) is 18.7 Å². The smallest absolute Gasteiger partial charge is 0.243 e. The van der Waals surface area contributed by atoms with Crippen LogP contribution in [0.5, 0.6) is 0 Å². The molecular weight excluding hydrogens is 404 g/mol. The second-order valence-corrected chi connectivity index (χ2v) is 10.5. The second kappa shape index (κ2) is 9.56. The molecule has 1 aromatic heterocycles. The number of amides is 2. The fourth-order valence-corrected chi connectivity index (χ4v) is 5.16. The zero-order valence-electron chi connectivity index (χ0n) is 19.8. The first-order chi connectivity index (χ1) is 14.7. The van der Waals surface area contributed by atoms with Gasteiger partial charge in [-0.25, -0.2) is 0 Å². The molecule has 2 heterocycles. The highest BCUT2D eigenvalue weighted by Gasteiger charge is 2.34. The average molecular weight is 441 g/mol. The molecule has 0 radical (unpaired) electrons. The van der Waals surface area contributed by atoms with Crippen molar-refractivity contribution in [3.8, 4) is 0 Å². The fraction of sp³-hybridized carbons (Fsp3) is 0.538. The molecule has 0 spiro atoms. The first-order valence-electron chi connectivity index (χ1n) is 11.4. The molecule has 1 aliphatic rings. The minimum Gasteiger partial charge on any atom is -0.331 e. The van der Waals surface area contributed by atoms with Gasteiger partial charge in [-0.05, 0) is 53.3 Å². The van der Waals surface area contributed by atoms with Gasteiger partial charge in [0.2, 0.25) is 11.8 Å². The lowest BCUT2D eigenvalue weighted by Crippen LogP contribution is -2.49. The molecule has 0 N–H and O–H groups in total. The number of rotatable bonds is 6. The van der Waals surface area contributed by atoms with Crippen LogP contribution in [0, 0.1) is 0 Å². The molecule has 0 saturated heterocycles. The molecule has 168 valence electrons. The number of hydrogen-bond donors (Lipinski definition) is 0. The maximum Gasteiger partial charge on any atom is 0.243 e. The highest BCUT2D eigenvalue weighted by atomic mass is 32.1. The lowest BCUT2D eigenvalue weighted by atomic mass is 9.85. The Morgan fingerprint density at radius 1 is 1.16 bits per heavy atom. The quantitative estimate of drug-likeness (QED) is 0.590. The highest BCUT2D eigenvalue weighted by molar-refractivity contribution is 7.10. The third kappa shape index (κ3) is 5.03. The van der Waals surface area contributed by atoms with Crippen LogP contribution in [0.1, 0.15) is 82.0 Å². The van der Waals surface area contributed by atoms with Crippen LogP contribution >= 0.6 is 11.3 Å². The summed E-state index contributed by atoms with van der Waals surface area (Å²) in [6.07, 6.45) is 2.13. The van der Waals surface area contributed by atoms with Crippen LogP contribution in [0.3, 0.4) is 0 Å². The van der Waals surface area contributed by atoms with Crippen molar-refractivity contribution < 1.29 is 9.59 Å². The van der Waals surface area contributed by atoms with E-state index in [1.54, 1.807) is 16.2 Å². The third-order valence-corrected chi connectivity index (χ3v) is 7.43. The lowest BCUT2D eigenvalue weighted by molar-refractivity contribution is -0.143. The summed E-state index contributed by atoms with van der Waals surface area (Å²) in [6.45, 7) is 13.4. The summed E-state index contributed by atoms with van der Waals surface area (Å²) in [5, 5.41) is 2.13. The number of benzene rings is 1. The first-order valence-corrected chi connectivity index (χ1v) is 12.3. The van der Waals surface area contributed by atoms with Crippen molar-refractivity contribution in [1.29, 1.82) is 0 Å². The van der Waals surface area contributed by atoms with Gasteiger partial charge in [-0.1, -0.05) is 58.9 Å². The van der Waals surface area contributed by atoms with E-state index < -0.39 is 0 Å². The zero-order valence-corrected chi connectivity index (χ0v) is 20.6. The Bertz CT molecular complexity index is 910. The minimum absolute atomic E-state index is 0.0313. The molecule has 2 amide bonds. The number of nitrogens with zero attached hydrogens (tertiary/aromatic N) is 2. The molecule has 0 bridgehead atoms. The van der Waals surface area contributed by atoms with Gasteiger partial charge in [-0.3, -0.25) is 9.59 Å². The maximum absolute atomic E-state index is 13.5. The van der Waals surface area contributed by atoms with Gasteiger partial charge in [0.15, 0.2) is 0 Å². The lowest BCUT2D eigenvalue weighted by Gasteiger charge is -2.38. The highest BCUT2D eigenvalue weighted by Crippen LogP contribution is 2.38.